The minimum Gasteiger partial charge on any atom is -0.276 e. The third kappa shape index (κ3) is 3.49. The Hall–Kier alpha value is -0.700. The monoisotopic (exact) mass is 421 g/mol. The molecule has 0 aliphatic rings. The Morgan fingerprint density at radius 3 is 2.60 bits per heavy atom. The summed E-state index contributed by atoms with van der Waals surface area (Å²) in [5, 5.41) is 4.13. The molecule has 108 valence electrons. The molecule has 8 heteroatoms. The fourth-order valence-corrected chi connectivity index (χ4v) is 4.31. The number of sulfonamides is 1. The molecule has 2 rings (SSSR count). The summed E-state index contributed by atoms with van der Waals surface area (Å²) in [7, 11) is -1.81. The Labute approximate surface area is 134 Å². The molecule has 1 aromatic carbocycles. The zero-order valence-electron chi connectivity index (χ0n) is 10.9. The van der Waals surface area contributed by atoms with Crippen molar-refractivity contribution in [3.63, 3.8) is 0 Å². The third-order valence-corrected chi connectivity index (χ3v) is 5.93. The minimum atomic E-state index is -3.60. The van der Waals surface area contributed by atoms with E-state index in [0.717, 1.165) is 10.0 Å². The van der Waals surface area contributed by atoms with Gasteiger partial charge in [-0.3, -0.25) is 4.68 Å². The zero-order chi connectivity index (χ0) is 14.9. The molecule has 0 bridgehead atoms. The highest BCUT2D eigenvalue weighted by Crippen LogP contribution is 2.28. The topological polar surface area (TPSA) is 64.0 Å². The summed E-state index contributed by atoms with van der Waals surface area (Å²) in [6, 6.07) is 5.11. The van der Waals surface area contributed by atoms with Crippen molar-refractivity contribution in [1.82, 2.24) is 14.5 Å². The molecule has 5 nitrogen and oxygen atoms in total. The lowest BCUT2D eigenvalue weighted by Crippen LogP contribution is -2.24. The van der Waals surface area contributed by atoms with E-state index in [0.29, 0.717) is 10.2 Å². The molecule has 0 aliphatic carbocycles. The van der Waals surface area contributed by atoms with E-state index in [1.165, 1.54) is 0 Å². The average Bonchev–Trinajstić information content (AvgIpc) is 2.77. The molecule has 20 heavy (non-hydrogen) atoms. The van der Waals surface area contributed by atoms with Gasteiger partial charge >= 0.3 is 0 Å². The lowest BCUT2D eigenvalue weighted by Gasteiger charge is -2.09. The van der Waals surface area contributed by atoms with Crippen molar-refractivity contribution >= 4 is 41.9 Å². The van der Waals surface area contributed by atoms with Crippen LogP contribution in [0, 0.1) is 6.92 Å². The van der Waals surface area contributed by atoms with Gasteiger partial charge in [0.25, 0.3) is 0 Å². The molecule has 0 spiro atoms. The van der Waals surface area contributed by atoms with Crippen LogP contribution < -0.4 is 4.72 Å². The minimum absolute atomic E-state index is 0.154. The molecule has 0 aliphatic heterocycles. The number of rotatable bonds is 4. The van der Waals surface area contributed by atoms with Crippen LogP contribution in [-0.4, -0.2) is 18.2 Å². The van der Waals surface area contributed by atoms with Gasteiger partial charge in [0, 0.05) is 22.2 Å². The molecule has 0 fully saturated rings. The highest BCUT2D eigenvalue weighted by molar-refractivity contribution is 9.11. The number of benzene rings is 1. The van der Waals surface area contributed by atoms with Crippen molar-refractivity contribution in [3.8, 4) is 0 Å². The van der Waals surface area contributed by atoms with Crippen LogP contribution in [0.15, 0.2) is 38.2 Å². The highest BCUT2D eigenvalue weighted by atomic mass is 79.9. The molecule has 0 saturated heterocycles. The van der Waals surface area contributed by atoms with Crippen LogP contribution in [0.5, 0.6) is 0 Å². The van der Waals surface area contributed by atoms with Gasteiger partial charge in [-0.15, -0.1) is 0 Å². The first-order valence-electron chi connectivity index (χ1n) is 5.73. The maximum atomic E-state index is 12.3. The lowest BCUT2D eigenvalue weighted by molar-refractivity contribution is 0.579. The first-order valence-corrected chi connectivity index (χ1v) is 8.80. The molecule has 0 saturated carbocycles. The molecule has 1 aromatic heterocycles. The smallest absolute Gasteiger partial charge is 0.242 e. The Morgan fingerprint density at radius 1 is 1.30 bits per heavy atom. The van der Waals surface area contributed by atoms with E-state index in [-0.39, 0.29) is 11.4 Å². The number of hydrogen-bond acceptors (Lipinski definition) is 3. The first-order chi connectivity index (χ1) is 9.29. The van der Waals surface area contributed by atoms with Crippen molar-refractivity contribution < 1.29 is 8.42 Å². The second-order valence-corrected chi connectivity index (χ2v) is 7.78. The van der Waals surface area contributed by atoms with Gasteiger partial charge in [-0.1, -0.05) is 15.9 Å². The van der Waals surface area contributed by atoms with Gasteiger partial charge < -0.3 is 0 Å². The van der Waals surface area contributed by atoms with Gasteiger partial charge in [-0.25, -0.2) is 13.1 Å². The summed E-state index contributed by atoms with van der Waals surface area (Å²) in [6.07, 6.45) is 1.77. The molecule has 0 unspecified atom stereocenters. The van der Waals surface area contributed by atoms with E-state index >= 15 is 0 Å². The van der Waals surface area contributed by atoms with Gasteiger partial charge in [0.05, 0.1) is 17.1 Å². The van der Waals surface area contributed by atoms with Crippen molar-refractivity contribution in [2.45, 2.75) is 18.4 Å². The predicted molar refractivity (Wildman–Crippen MR) is 83.8 cm³/mol. The second kappa shape index (κ2) is 5.97. The number of aryl methyl sites for hydroxylation is 2. The van der Waals surface area contributed by atoms with Crippen LogP contribution in [0.25, 0.3) is 0 Å². The summed E-state index contributed by atoms with van der Waals surface area (Å²) >= 11 is 6.63. The van der Waals surface area contributed by atoms with E-state index in [2.05, 4.69) is 41.7 Å². The molecule has 0 atom stereocenters. The Bertz CT molecular complexity index is 741. The quantitative estimate of drug-likeness (QED) is 0.823. The van der Waals surface area contributed by atoms with Crippen molar-refractivity contribution in [2.24, 2.45) is 7.05 Å². The predicted octanol–water partition coefficient (Wildman–Crippen LogP) is 2.73. The lowest BCUT2D eigenvalue weighted by atomic mass is 10.2. The number of nitrogens with one attached hydrogen (secondary N) is 1. The number of halogens is 2. The average molecular weight is 423 g/mol. The van der Waals surface area contributed by atoms with Gasteiger partial charge in [0.1, 0.15) is 0 Å². The van der Waals surface area contributed by atoms with Crippen LogP contribution in [-0.2, 0) is 23.6 Å². The first kappa shape index (κ1) is 15.7. The van der Waals surface area contributed by atoms with Gasteiger partial charge in [-0.2, -0.15) is 5.10 Å². The van der Waals surface area contributed by atoms with Crippen molar-refractivity contribution in [2.75, 3.05) is 0 Å². The van der Waals surface area contributed by atoms with Gasteiger partial charge in [0.2, 0.25) is 10.0 Å². The maximum Gasteiger partial charge on any atom is 0.242 e. The summed E-state index contributed by atoms with van der Waals surface area (Å²) in [5.74, 6) is 0. The van der Waals surface area contributed by atoms with Crippen molar-refractivity contribution in [3.05, 3.63) is 44.6 Å². The van der Waals surface area contributed by atoms with Crippen LogP contribution in [0.4, 0.5) is 0 Å². The van der Waals surface area contributed by atoms with Gasteiger partial charge in [0.15, 0.2) is 0 Å². The summed E-state index contributed by atoms with van der Waals surface area (Å²) < 4.78 is 30.0. The Balaban J connectivity index is 2.24. The molecule has 0 amide bonds. The third-order valence-electron chi connectivity index (χ3n) is 2.71. The standard InChI is InChI=1S/C12H13Br2N3O2S/c1-8-5-11(14)12(6-10(8)13)20(18,19)15-7-9-3-4-17(2)16-9/h3-6,15H,7H2,1-2H3. The Kier molecular flexibility index (Phi) is 4.68. The van der Waals surface area contributed by atoms with Crippen molar-refractivity contribution in [1.29, 1.82) is 0 Å². The molecular weight excluding hydrogens is 410 g/mol. The van der Waals surface area contributed by atoms with Gasteiger partial charge in [-0.05, 0) is 46.6 Å². The number of nitrogens with zero attached hydrogens (tertiary/aromatic N) is 2. The summed E-state index contributed by atoms with van der Waals surface area (Å²) in [4.78, 5) is 0.200. The SMILES string of the molecule is Cc1cc(Br)c(S(=O)(=O)NCc2ccn(C)n2)cc1Br. The Morgan fingerprint density at radius 2 is 2.00 bits per heavy atom. The van der Waals surface area contributed by atoms with Crippen LogP contribution in [0.2, 0.25) is 0 Å². The fourth-order valence-electron chi connectivity index (χ4n) is 1.64. The second-order valence-electron chi connectivity index (χ2n) is 4.34. The summed E-state index contributed by atoms with van der Waals surface area (Å²) in [5.41, 5.74) is 1.62. The molecule has 0 radical (unpaired) electrons. The van der Waals surface area contributed by atoms with E-state index < -0.39 is 10.0 Å². The van der Waals surface area contributed by atoms with E-state index in [1.54, 1.807) is 36.1 Å². The zero-order valence-corrected chi connectivity index (χ0v) is 14.9. The van der Waals surface area contributed by atoms with Crippen LogP contribution in [0.1, 0.15) is 11.3 Å². The molecule has 2 aromatic rings. The largest absolute Gasteiger partial charge is 0.276 e. The normalized spacial score (nSPS) is 11.8. The van der Waals surface area contributed by atoms with E-state index in [9.17, 15) is 8.42 Å². The van der Waals surface area contributed by atoms with E-state index in [1.807, 2.05) is 6.92 Å². The van der Waals surface area contributed by atoms with E-state index in [4.69, 9.17) is 0 Å². The molecule has 1 N–H and O–H groups in total. The number of hydrogen-bond donors (Lipinski definition) is 1. The molecular formula is C12H13Br2N3O2S. The number of aromatic nitrogens is 2. The highest BCUT2D eigenvalue weighted by Gasteiger charge is 2.19. The summed E-state index contributed by atoms with van der Waals surface area (Å²) in [6.45, 7) is 2.05. The fraction of sp³-hybridized carbons (Fsp3) is 0.250. The van der Waals surface area contributed by atoms with Crippen LogP contribution >= 0.6 is 31.9 Å². The maximum absolute atomic E-state index is 12.3. The molecule has 1 heterocycles. The van der Waals surface area contributed by atoms with Crippen LogP contribution in [0.3, 0.4) is 0 Å².